The van der Waals surface area contributed by atoms with Crippen LogP contribution < -0.4 is 15.4 Å². The first-order valence-electron chi connectivity index (χ1n) is 7.68. The van der Waals surface area contributed by atoms with E-state index in [1.54, 1.807) is 6.92 Å². The Kier molecular flexibility index (Phi) is 8.63. The maximum absolute atomic E-state index is 11.3. The van der Waals surface area contributed by atoms with Gasteiger partial charge in [-0.2, -0.15) is 0 Å². The second kappa shape index (κ2) is 9.97. The van der Waals surface area contributed by atoms with Gasteiger partial charge in [-0.1, -0.05) is 0 Å². The lowest BCUT2D eigenvalue weighted by molar-refractivity contribution is 0.117. The molecule has 0 aliphatic carbocycles. The molecular weight excluding hydrogens is 292 g/mol. The van der Waals surface area contributed by atoms with Crippen molar-refractivity contribution in [2.45, 2.75) is 39.2 Å². The molecule has 0 bridgehead atoms. The van der Waals surface area contributed by atoms with Crippen molar-refractivity contribution in [2.24, 2.45) is 4.99 Å². The summed E-state index contributed by atoms with van der Waals surface area (Å²) >= 11 is 0. The van der Waals surface area contributed by atoms with Crippen LogP contribution in [-0.2, 0) is 14.8 Å². The fraction of sp³-hybridized carbons (Fsp3) is 0.923. The molecule has 0 spiro atoms. The first-order chi connectivity index (χ1) is 10.1. The smallest absolute Gasteiger partial charge is 0.211 e. The van der Waals surface area contributed by atoms with Gasteiger partial charge in [0, 0.05) is 26.2 Å². The molecule has 1 heterocycles. The van der Waals surface area contributed by atoms with Crippen molar-refractivity contribution >= 4 is 16.0 Å². The highest BCUT2D eigenvalue weighted by molar-refractivity contribution is 7.89. The number of nitrogens with one attached hydrogen (secondary N) is 3. The van der Waals surface area contributed by atoms with E-state index in [0.717, 1.165) is 32.0 Å². The normalized spacial score (nSPS) is 19.7. The van der Waals surface area contributed by atoms with Crippen LogP contribution >= 0.6 is 0 Å². The molecule has 0 aromatic carbocycles. The molecule has 1 unspecified atom stereocenters. The van der Waals surface area contributed by atoms with Crippen LogP contribution in [0.25, 0.3) is 0 Å². The van der Waals surface area contributed by atoms with Crippen LogP contribution in [0.15, 0.2) is 4.99 Å². The Balaban J connectivity index is 2.22. The maximum atomic E-state index is 11.3. The molecule has 1 saturated heterocycles. The molecule has 8 heteroatoms. The number of rotatable bonds is 9. The lowest BCUT2D eigenvalue weighted by Gasteiger charge is -2.13. The van der Waals surface area contributed by atoms with E-state index in [1.165, 1.54) is 0 Å². The van der Waals surface area contributed by atoms with Gasteiger partial charge in [0.05, 0.1) is 18.4 Å². The second-order valence-corrected chi connectivity index (χ2v) is 7.03. The van der Waals surface area contributed by atoms with Crippen LogP contribution in [0.3, 0.4) is 0 Å². The summed E-state index contributed by atoms with van der Waals surface area (Å²) in [7, 11) is -3.09. The van der Waals surface area contributed by atoms with Crippen molar-refractivity contribution in [3.8, 4) is 0 Å². The highest BCUT2D eigenvalue weighted by Gasteiger charge is 2.14. The summed E-state index contributed by atoms with van der Waals surface area (Å²) in [5.41, 5.74) is 0. The van der Waals surface area contributed by atoms with Gasteiger partial charge >= 0.3 is 0 Å². The number of nitrogens with zero attached hydrogens (tertiary/aromatic N) is 1. The molecule has 3 N–H and O–H groups in total. The van der Waals surface area contributed by atoms with Crippen LogP contribution in [0, 0.1) is 0 Å². The third-order valence-electron chi connectivity index (χ3n) is 3.17. The molecule has 1 atom stereocenters. The van der Waals surface area contributed by atoms with E-state index in [4.69, 9.17) is 4.74 Å². The molecular formula is C13H28N4O3S. The van der Waals surface area contributed by atoms with Gasteiger partial charge < -0.3 is 15.4 Å². The van der Waals surface area contributed by atoms with E-state index in [2.05, 4.69) is 20.3 Å². The predicted octanol–water partition coefficient (Wildman–Crippen LogP) is 0.0499. The Morgan fingerprint density at radius 2 is 2.10 bits per heavy atom. The van der Waals surface area contributed by atoms with E-state index in [0.29, 0.717) is 26.1 Å². The summed E-state index contributed by atoms with van der Waals surface area (Å²) in [5, 5.41) is 6.37. The van der Waals surface area contributed by atoms with Gasteiger partial charge in [0.25, 0.3) is 0 Å². The molecule has 0 aromatic rings. The first kappa shape index (κ1) is 18.2. The van der Waals surface area contributed by atoms with Crippen molar-refractivity contribution < 1.29 is 13.2 Å². The predicted molar refractivity (Wildman–Crippen MR) is 85.0 cm³/mol. The van der Waals surface area contributed by atoms with Crippen LogP contribution in [0.4, 0.5) is 0 Å². The fourth-order valence-corrected chi connectivity index (χ4v) is 2.61. The number of ether oxygens (including phenoxy) is 1. The molecule has 0 aromatic heterocycles. The summed E-state index contributed by atoms with van der Waals surface area (Å²) in [6.45, 7) is 7.04. The van der Waals surface area contributed by atoms with E-state index >= 15 is 0 Å². The van der Waals surface area contributed by atoms with Crippen molar-refractivity contribution in [1.82, 2.24) is 15.4 Å². The Hall–Kier alpha value is -0.860. The molecule has 1 aliphatic heterocycles. The average Bonchev–Trinajstić information content (AvgIpc) is 2.97. The van der Waals surface area contributed by atoms with Gasteiger partial charge in [0.15, 0.2) is 5.96 Å². The van der Waals surface area contributed by atoms with Crippen LogP contribution in [-0.4, -0.2) is 59.0 Å². The van der Waals surface area contributed by atoms with E-state index in [9.17, 15) is 8.42 Å². The first-order valence-corrected chi connectivity index (χ1v) is 9.33. The average molecular weight is 320 g/mol. The largest absolute Gasteiger partial charge is 0.376 e. The zero-order valence-electron chi connectivity index (χ0n) is 13.0. The molecule has 1 aliphatic rings. The van der Waals surface area contributed by atoms with Gasteiger partial charge in [-0.25, -0.2) is 13.1 Å². The van der Waals surface area contributed by atoms with Crippen molar-refractivity contribution in [3.63, 3.8) is 0 Å². The zero-order chi connectivity index (χ0) is 15.6. The van der Waals surface area contributed by atoms with Crippen molar-refractivity contribution in [1.29, 1.82) is 0 Å². The Morgan fingerprint density at radius 3 is 2.71 bits per heavy atom. The third-order valence-corrected chi connectivity index (χ3v) is 4.57. The number of hydrogen-bond acceptors (Lipinski definition) is 4. The standard InChI is InChI=1S/C13H28N4O3S/c1-3-14-13(16-11-12-7-5-10-20-12)15-8-6-9-17-21(18,19)4-2/h12,17H,3-11H2,1-2H3,(H2,14,15,16). The third kappa shape index (κ3) is 8.23. The summed E-state index contributed by atoms with van der Waals surface area (Å²) in [6.07, 6.45) is 3.13. The van der Waals surface area contributed by atoms with Gasteiger partial charge in [0.2, 0.25) is 10.0 Å². The highest BCUT2D eigenvalue weighted by Crippen LogP contribution is 2.11. The van der Waals surface area contributed by atoms with Gasteiger partial charge in [-0.15, -0.1) is 0 Å². The molecule has 7 nitrogen and oxygen atoms in total. The van der Waals surface area contributed by atoms with E-state index < -0.39 is 10.0 Å². The van der Waals surface area contributed by atoms with Crippen LogP contribution in [0.5, 0.6) is 0 Å². The van der Waals surface area contributed by atoms with E-state index in [-0.39, 0.29) is 11.9 Å². The van der Waals surface area contributed by atoms with Crippen molar-refractivity contribution in [3.05, 3.63) is 0 Å². The van der Waals surface area contributed by atoms with Gasteiger partial charge in [-0.05, 0) is 33.1 Å². The number of sulfonamides is 1. The number of hydrogen-bond donors (Lipinski definition) is 3. The number of aliphatic imine (C=N–C) groups is 1. The molecule has 21 heavy (non-hydrogen) atoms. The quantitative estimate of drug-likeness (QED) is 0.317. The Labute approximate surface area is 128 Å². The molecule has 1 fully saturated rings. The molecule has 0 radical (unpaired) electrons. The molecule has 0 amide bonds. The van der Waals surface area contributed by atoms with E-state index in [1.807, 2.05) is 6.92 Å². The topological polar surface area (TPSA) is 91.8 Å². The maximum Gasteiger partial charge on any atom is 0.211 e. The number of guanidine groups is 1. The second-order valence-electron chi connectivity index (χ2n) is 4.93. The zero-order valence-corrected chi connectivity index (χ0v) is 13.8. The molecule has 1 rings (SSSR count). The van der Waals surface area contributed by atoms with Crippen LogP contribution in [0.1, 0.15) is 33.1 Å². The lowest BCUT2D eigenvalue weighted by Crippen LogP contribution is -2.39. The summed E-state index contributed by atoms with van der Waals surface area (Å²) in [4.78, 5) is 4.49. The van der Waals surface area contributed by atoms with Crippen LogP contribution in [0.2, 0.25) is 0 Å². The monoisotopic (exact) mass is 320 g/mol. The molecule has 0 saturated carbocycles. The summed E-state index contributed by atoms with van der Waals surface area (Å²) < 4.78 is 30.6. The SMILES string of the molecule is CCNC(=NCC1CCCO1)NCCCNS(=O)(=O)CC. The summed E-state index contributed by atoms with van der Waals surface area (Å²) in [5.74, 6) is 0.873. The Morgan fingerprint density at radius 1 is 1.29 bits per heavy atom. The fourth-order valence-electron chi connectivity index (χ4n) is 1.95. The molecule has 124 valence electrons. The minimum atomic E-state index is -3.09. The minimum absolute atomic E-state index is 0.117. The lowest BCUT2D eigenvalue weighted by atomic mass is 10.2. The Bertz CT molecular complexity index is 406. The summed E-state index contributed by atoms with van der Waals surface area (Å²) in [6, 6.07) is 0. The highest BCUT2D eigenvalue weighted by atomic mass is 32.2. The minimum Gasteiger partial charge on any atom is -0.376 e. The van der Waals surface area contributed by atoms with Gasteiger partial charge in [0.1, 0.15) is 0 Å². The van der Waals surface area contributed by atoms with Gasteiger partial charge in [-0.3, -0.25) is 4.99 Å². The van der Waals surface area contributed by atoms with Crippen molar-refractivity contribution in [2.75, 3.05) is 38.5 Å².